The highest BCUT2D eigenvalue weighted by molar-refractivity contribution is 7.99. The molecule has 0 radical (unpaired) electrons. The van der Waals surface area contributed by atoms with Crippen molar-refractivity contribution in [2.75, 3.05) is 6.73 Å². The van der Waals surface area contributed by atoms with Gasteiger partial charge in [0.15, 0.2) is 18.2 Å². The van der Waals surface area contributed by atoms with E-state index in [-0.39, 0.29) is 12.4 Å². The number of rotatable bonds is 2. The van der Waals surface area contributed by atoms with Crippen molar-refractivity contribution < 1.29 is 9.66 Å². The van der Waals surface area contributed by atoms with Crippen molar-refractivity contribution in [3.05, 3.63) is 34.1 Å². The highest BCUT2D eigenvalue weighted by Crippen LogP contribution is 2.34. The summed E-state index contributed by atoms with van der Waals surface area (Å²) in [5, 5.41) is 16.3. The van der Waals surface area contributed by atoms with E-state index in [9.17, 15) is 10.1 Å². The van der Waals surface area contributed by atoms with Gasteiger partial charge in [0.05, 0.1) is 0 Å². The molecular weight excluding hydrogens is 206 g/mol. The maximum atomic E-state index is 10.9. The van der Waals surface area contributed by atoms with Gasteiger partial charge < -0.3 is 4.74 Å². The molecule has 0 fully saturated rings. The molecule has 2 rings (SSSR count). The zero-order valence-corrected chi connectivity index (χ0v) is 7.86. The molecule has 1 atom stereocenters. The number of nitrogens with two attached hydrogens (primary N) is 1. The molecule has 2 N–H and O–H groups in total. The van der Waals surface area contributed by atoms with Crippen LogP contribution in [0.25, 0.3) is 0 Å². The Bertz CT molecular complexity index is 376. The molecule has 6 nitrogen and oxygen atoms in total. The Morgan fingerprint density at radius 2 is 2.57 bits per heavy atom. The van der Waals surface area contributed by atoms with Crippen LogP contribution in [0, 0.1) is 10.1 Å². The third-order valence-corrected chi connectivity index (χ3v) is 2.87. The Balaban J connectivity index is 2.50. The Kier molecular flexibility index (Phi) is 2.05. The Hall–Kier alpha value is -1.34. The fraction of sp³-hybridized carbons (Fsp3) is 0.286. The minimum Gasteiger partial charge on any atom is -0.469 e. The molecule has 1 aliphatic heterocycles. The molecule has 0 bridgehead atoms. The van der Waals surface area contributed by atoms with Gasteiger partial charge in [0.2, 0.25) is 0 Å². The molecule has 1 unspecified atom stereocenters. The number of aliphatic imine (C=N–C) groups is 1. The first-order chi connectivity index (χ1) is 6.70. The summed E-state index contributed by atoms with van der Waals surface area (Å²) in [6.07, 6.45) is 4.61. The SMILES string of the molecule is NSC1([N+](=O)[O-])C=CC=C2OCN=C21. The molecule has 0 spiro atoms. The minimum absolute atomic E-state index is 0.124. The van der Waals surface area contributed by atoms with E-state index < -0.39 is 9.79 Å². The fourth-order valence-electron chi connectivity index (χ4n) is 1.36. The molecule has 0 saturated heterocycles. The second kappa shape index (κ2) is 3.10. The average Bonchev–Trinajstić information content (AvgIpc) is 2.64. The van der Waals surface area contributed by atoms with Crippen LogP contribution in [0.3, 0.4) is 0 Å². The highest BCUT2D eigenvalue weighted by atomic mass is 32.2. The van der Waals surface area contributed by atoms with Crippen LogP contribution < -0.4 is 5.14 Å². The van der Waals surface area contributed by atoms with E-state index >= 15 is 0 Å². The van der Waals surface area contributed by atoms with Crippen molar-refractivity contribution in [2.45, 2.75) is 4.87 Å². The highest BCUT2D eigenvalue weighted by Gasteiger charge is 2.51. The Morgan fingerprint density at radius 3 is 3.21 bits per heavy atom. The third-order valence-electron chi connectivity index (χ3n) is 2.04. The van der Waals surface area contributed by atoms with Crippen molar-refractivity contribution in [1.82, 2.24) is 0 Å². The predicted molar refractivity (Wildman–Crippen MR) is 52.1 cm³/mol. The lowest BCUT2D eigenvalue weighted by Crippen LogP contribution is -2.44. The number of nitro groups is 1. The van der Waals surface area contributed by atoms with Gasteiger partial charge in [-0.05, 0) is 6.08 Å². The summed E-state index contributed by atoms with van der Waals surface area (Å²) in [4.78, 5) is 12.9. The number of hydrogen-bond donors (Lipinski definition) is 1. The van der Waals surface area contributed by atoms with Crippen LogP contribution in [-0.2, 0) is 4.74 Å². The summed E-state index contributed by atoms with van der Waals surface area (Å²) in [5.41, 5.74) is 0.289. The maximum Gasteiger partial charge on any atom is 0.344 e. The van der Waals surface area contributed by atoms with Crippen molar-refractivity contribution in [3.63, 3.8) is 0 Å². The quantitative estimate of drug-likeness (QED) is 0.311. The van der Waals surface area contributed by atoms with Crippen LogP contribution in [0.1, 0.15) is 0 Å². The lowest BCUT2D eigenvalue weighted by Gasteiger charge is -2.20. The van der Waals surface area contributed by atoms with Crippen LogP contribution in [0.2, 0.25) is 0 Å². The van der Waals surface area contributed by atoms with Gasteiger partial charge in [-0.25, -0.2) is 4.99 Å². The number of hydrogen-bond acceptors (Lipinski definition) is 6. The lowest BCUT2D eigenvalue weighted by molar-refractivity contribution is -0.504. The van der Waals surface area contributed by atoms with E-state index in [1.54, 1.807) is 12.2 Å². The number of fused-ring (bicyclic) bond motifs is 1. The lowest BCUT2D eigenvalue weighted by atomic mass is 10.1. The molecule has 1 heterocycles. The first kappa shape index (κ1) is 9.22. The van der Waals surface area contributed by atoms with Gasteiger partial charge in [-0.3, -0.25) is 15.3 Å². The number of nitrogens with zero attached hydrogens (tertiary/aromatic N) is 2. The van der Waals surface area contributed by atoms with Crippen molar-refractivity contribution in [1.29, 1.82) is 0 Å². The van der Waals surface area contributed by atoms with Gasteiger partial charge in [-0.2, -0.15) is 0 Å². The van der Waals surface area contributed by atoms with E-state index in [0.29, 0.717) is 17.7 Å². The van der Waals surface area contributed by atoms with Crippen LogP contribution >= 0.6 is 11.9 Å². The zero-order valence-electron chi connectivity index (χ0n) is 7.04. The van der Waals surface area contributed by atoms with E-state index in [4.69, 9.17) is 9.88 Å². The van der Waals surface area contributed by atoms with E-state index in [2.05, 4.69) is 4.99 Å². The van der Waals surface area contributed by atoms with Crippen LogP contribution in [-0.4, -0.2) is 22.2 Å². The molecule has 14 heavy (non-hydrogen) atoms. The largest absolute Gasteiger partial charge is 0.469 e. The first-order valence-corrected chi connectivity index (χ1v) is 4.68. The molecule has 0 aromatic heterocycles. The molecular formula is C7H7N3O3S. The predicted octanol–water partition coefficient (Wildman–Crippen LogP) is 0.449. The fourth-order valence-corrected chi connectivity index (χ4v) is 1.88. The molecule has 0 amide bonds. The van der Waals surface area contributed by atoms with Gasteiger partial charge in [0.1, 0.15) is 0 Å². The second-order valence-corrected chi connectivity index (χ2v) is 3.60. The van der Waals surface area contributed by atoms with Crippen molar-refractivity contribution >= 4 is 17.7 Å². The molecule has 0 aromatic carbocycles. The summed E-state index contributed by atoms with van der Waals surface area (Å²) in [7, 11) is 0. The Labute approximate surface area is 83.8 Å². The number of ether oxygens (including phenoxy) is 1. The van der Waals surface area contributed by atoms with Gasteiger partial charge >= 0.3 is 4.87 Å². The van der Waals surface area contributed by atoms with E-state index in [1.165, 1.54) is 6.08 Å². The van der Waals surface area contributed by atoms with Gasteiger partial charge in [0.25, 0.3) is 0 Å². The van der Waals surface area contributed by atoms with E-state index in [1.807, 2.05) is 0 Å². The van der Waals surface area contributed by atoms with Gasteiger partial charge in [-0.1, -0.05) is 6.08 Å². The molecule has 0 aromatic rings. The summed E-state index contributed by atoms with van der Waals surface area (Å²) < 4.78 is 5.10. The van der Waals surface area contributed by atoms with E-state index in [0.717, 1.165) is 0 Å². The maximum absolute atomic E-state index is 10.9. The van der Waals surface area contributed by atoms with Gasteiger partial charge in [0, 0.05) is 22.9 Å². The third kappa shape index (κ3) is 1.06. The summed E-state index contributed by atoms with van der Waals surface area (Å²) in [5.74, 6) is 0.433. The minimum atomic E-state index is -1.49. The molecule has 2 aliphatic rings. The summed E-state index contributed by atoms with van der Waals surface area (Å²) >= 11 is 0.640. The monoisotopic (exact) mass is 213 g/mol. The average molecular weight is 213 g/mol. The Morgan fingerprint density at radius 1 is 1.79 bits per heavy atom. The van der Waals surface area contributed by atoms with Crippen LogP contribution in [0.5, 0.6) is 0 Å². The van der Waals surface area contributed by atoms with Crippen LogP contribution in [0.4, 0.5) is 0 Å². The van der Waals surface area contributed by atoms with Gasteiger partial charge in [-0.15, -0.1) is 0 Å². The number of allylic oxidation sites excluding steroid dienone is 2. The van der Waals surface area contributed by atoms with Crippen LogP contribution in [0.15, 0.2) is 29.0 Å². The summed E-state index contributed by atoms with van der Waals surface area (Å²) in [6.45, 7) is 0.124. The normalized spacial score (nSPS) is 28.9. The summed E-state index contributed by atoms with van der Waals surface area (Å²) in [6, 6.07) is 0. The van der Waals surface area contributed by atoms with Crippen molar-refractivity contribution in [3.8, 4) is 0 Å². The molecule has 74 valence electrons. The molecule has 7 heteroatoms. The van der Waals surface area contributed by atoms with Crippen molar-refractivity contribution in [2.24, 2.45) is 10.1 Å². The zero-order chi connectivity index (χ0) is 10.2. The topological polar surface area (TPSA) is 90.8 Å². The first-order valence-electron chi connectivity index (χ1n) is 3.81. The standard InChI is InChI=1S/C7H7N3O3S/c8-14-7(10(11)12)3-1-2-5-6(7)9-4-13-5/h1-3H,4,8H2. The second-order valence-electron chi connectivity index (χ2n) is 2.74. The molecule has 0 saturated carbocycles. The molecule has 1 aliphatic carbocycles. The smallest absolute Gasteiger partial charge is 0.344 e.